The maximum atomic E-state index is 12.5. The minimum atomic E-state index is -0.372. The Bertz CT molecular complexity index is 877. The van der Waals surface area contributed by atoms with Crippen molar-refractivity contribution in [3.63, 3.8) is 0 Å². The van der Waals surface area contributed by atoms with Crippen molar-refractivity contribution >= 4 is 17.7 Å². The van der Waals surface area contributed by atoms with Crippen LogP contribution < -0.4 is 10.9 Å². The van der Waals surface area contributed by atoms with Crippen LogP contribution in [0.15, 0.2) is 48.5 Å². The molecule has 0 saturated heterocycles. The molecule has 3 rings (SSSR count). The third kappa shape index (κ3) is 4.39. The predicted molar refractivity (Wildman–Crippen MR) is 106 cm³/mol. The highest BCUT2D eigenvalue weighted by Crippen LogP contribution is 2.32. The summed E-state index contributed by atoms with van der Waals surface area (Å²) in [6.45, 7) is 4.14. The Balaban J connectivity index is 1.64. The second-order valence-electron chi connectivity index (χ2n) is 6.93. The molecule has 0 saturated carbocycles. The van der Waals surface area contributed by atoms with Gasteiger partial charge in [-0.15, -0.1) is 0 Å². The van der Waals surface area contributed by atoms with Crippen molar-refractivity contribution in [3.05, 3.63) is 70.8 Å². The Kier molecular flexibility index (Phi) is 6.09. The quantitative estimate of drug-likeness (QED) is 0.802. The normalized spacial score (nSPS) is 15.5. The summed E-state index contributed by atoms with van der Waals surface area (Å²) in [5, 5.41) is 0. The van der Waals surface area contributed by atoms with Gasteiger partial charge in [0.05, 0.1) is 12.5 Å². The molecule has 2 aromatic rings. The first-order chi connectivity index (χ1) is 13.5. The molecule has 1 atom stereocenters. The van der Waals surface area contributed by atoms with Crippen molar-refractivity contribution in [1.29, 1.82) is 0 Å². The largest absolute Gasteiger partial charge is 0.335 e. The highest BCUT2D eigenvalue weighted by atomic mass is 16.2. The predicted octanol–water partition coefficient (Wildman–Crippen LogP) is 2.55. The van der Waals surface area contributed by atoms with E-state index in [1.807, 2.05) is 43.3 Å². The number of hydrazine groups is 1. The zero-order valence-corrected chi connectivity index (χ0v) is 16.2. The van der Waals surface area contributed by atoms with Crippen molar-refractivity contribution in [2.45, 2.75) is 39.2 Å². The summed E-state index contributed by atoms with van der Waals surface area (Å²) in [4.78, 5) is 38.4. The minimum absolute atomic E-state index is 0.0626. The molecule has 2 aromatic carbocycles. The van der Waals surface area contributed by atoms with Crippen molar-refractivity contribution < 1.29 is 14.4 Å². The van der Waals surface area contributed by atoms with E-state index in [0.717, 1.165) is 29.5 Å². The van der Waals surface area contributed by atoms with E-state index in [4.69, 9.17) is 0 Å². The molecular weight excluding hydrogens is 354 g/mol. The van der Waals surface area contributed by atoms with Crippen LogP contribution in [-0.4, -0.2) is 29.2 Å². The maximum Gasteiger partial charge on any atom is 0.269 e. The van der Waals surface area contributed by atoms with Gasteiger partial charge in [-0.1, -0.05) is 43.3 Å². The van der Waals surface area contributed by atoms with E-state index in [0.29, 0.717) is 12.1 Å². The van der Waals surface area contributed by atoms with Gasteiger partial charge in [-0.25, -0.2) is 0 Å². The van der Waals surface area contributed by atoms with Crippen LogP contribution in [0.5, 0.6) is 0 Å². The third-order valence-electron chi connectivity index (χ3n) is 5.14. The molecule has 0 aliphatic carbocycles. The van der Waals surface area contributed by atoms with Crippen LogP contribution in [-0.2, 0) is 22.4 Å². The highest BCUT2D eigenvalue weighted by Gasteiger charge is 2.30. The fourth-order valence-electron chi connectivity index (χ4n) is 3.57. The molecule has 2 N–H and O–H groups in total. The van der Waals surface area contributed by atoms with Gasteiger partial charge in [-0.3, -0.25) is 25.2 Å². The van der Waals surface area contributed by atoms with Gasteiger partial charge in [0.2, 0.25) is 11.8 Å². The van der Waals surface area contributed by atoms with Gasteiger partial charge >= 0.3 is 0 Å². The van der Waals surface area contributed by atoms with E-state index in [1.165, 1.54) is 6.92 Å². The lowest BCUT2D eigenvalue weighted by Crippen LogP contribution is -2.45. The fraction of sp³-hybridized carbons (Fsp3) is 0.318. The number of nitrogens with one attached hydrogen (secondary N) is 2. The number of aryl methyl sites for hydroxylation is 1. The number of nitrogens with zero attached hydrogens (tertiary/aromatic N) is 1. The molecule has 28 heavy (non-hydrogen) atoms. The molecule has 1 heterocycles. The molecule has 1 aliphatic rings. The van der Waals surface area contributed by atoms with E-state index >= 15 is 0 Å². The standard InChI is InChI=1S/C22H25N3O3/c1-3-16-8-10-18(11-9-16)22(28)24-23-21(27)14-20-19-7-5-4-6-17(19)12-13-25(20)15(2)26/h4-11,20H,3,12-14H2,1-2H3,(H,23,27)(H,24,28). The van der Waals surface area contributed by atoms with Gasteiger partial charge in [0.15, 0.2) is 0 Å². The van der Waals surface area contributed by atoms with E-state index in [2.05, 4.69) is 10.9 Å². The maximum absolute atomic E-state index is 12.5. The van der Waals surface area contributed by atoms with Crippen LogP contribution >= 0.6 is 0 Å². The van der Waals surface area contributed by atoms with Gasteiger partial charge in [0, 0.05) is 19.0 Å². The second kappa shape index (κ2) is 8.69. The molecule has 0 aromatic heterocycles. The molecule has 0 spiro atoms. The van der Waals surface area contributed by atoms with Crippen LogP contribution in [0.2, 0.25) is 0 Å². The van der Waals surface area contributed by atoms with Crippen LogP contribution in [0.25, 0.3) is 0 Å². The van der Waals surface area contributed by atoms with Crippen molar-refractivity contribution in [2.75, 3.05) is 6.54 Å². The monoisotopic (exact) mass is 379 g/mol. The number of fused-ring (bicyclic) bond motifs is 1. The lowest BCUT2D eigenvalue weighted by atomic mass is 9.90. The molecule has 3 amide bonds. The van der Waals surface area contributed by atoms with Crippen molar-refractivity contribution in [3.8, 4) is 0 Å². The Labute approximate surface area is 164 Å². The first kappa shape index (κ1) is 19.6. The first-order valence-corrected chi connectivity index (χ1v) is 9.52. The summed E-state index contributed by atoms with van der Waals surface area (Å²) in [5.41, 5.74) is 8.68. The van der Waals surface area contributed by atoms with E-state index in [1.54, 1.807) is 17.0 Å². The Hall–Kier alpha value is -3.15. The van der Waals surface area contributed by atoms with Gasteiger partial charge < -0.3 is 4.90 Å². The Morgan fingerprint density at radius 2 is 1.75 bits per heavy atom. The van der Waals surface area contributed by atoms with E-state index < -0.39 is 0 Å². The van der Waals surface area contributed by atoms with E-state index in [9.17, 15) is 14.4 Å². The number of rotatable bonds is 4. The molecule has 146 valence electrons. The van der Waals surface area contributed by atoms with Crippen LogP contribution in [0.4, 0.5) is 0 Å². The van der Waals surface area contributed by atoms with Crippen molar-refractivity contribution in [2.24, 2.45) is 0 Å². The zero-order chi connectivity index (χ0) is 20.1. The Morgan fingerprint density at radius 3 is 2.43 bits per heavy atom. The molecule has 0 fully saturated rings. The summed E-state index contributed by atoms with van der Waals surface area (Å²) in [6, 6.07) is 14.8. The van der Waals surface area contributed by atoms with Crippen molar-refractivity contribution in [1.82, 2.24) is 15.8 Å². The Morgan fingerprint density at radius 1 is 1.04 bits per heavy atom. The zero-order valence-electron chi connectivity index (χ0n) is 16.2. The number of hydrogen-bond donors (Lipinski definition) is 2. The lowest BCUT2D eigenvalue weighted by Gasteiger charge is -2.36. The summed E-state index contributed by atoms with van der Waals surface area (Å²) in [6.07, 6.45) is 1.76. The molecule has 6 nitrogen and oxygen atoms in total. The topological polar surface area (TPSA) is 78.5 Å². The number of hydrogen-bond acceptors (Lipinski definition) is 3. The van der Waals surface area contributed by atoms with Crippen LogP contribution in [0.3, 0.4) is 0 Å². The van der Waals surface area contributed by atoms with Crippen LogP contribution in [0, 0.1) is 0 Å². The SMILES string of the molecule is CCc1ccc(C(=O)NNC(=O)CC2c3ccccc3CCN2C(C)=O)cc1. The summed E-state index contributed by atoms with van der Waals surface area (Å²) >= 11 is 0. The number of carbonyl (C=O) groups is 3. The third-order valence-corrected chi connectivity index (χ3v) is 5.14. The molecular formula is C22H25N3O3. The molecule has 0 bridgehead atoms. The summed E-state index contributed by atoms with van der Waals surface area (Å²) in [5.74, 6) is -0.776. The lowest BCUT2D eigenvalue weighted by molar-refractivity contribution is -0.133. The van der Waals surface area contributed by atoms with Gasteiger partial charge in [0.25, 0.3) is 5.91 Å². The average Bonchev–Trinajstić information content (AvgIpc) is 2.72. The molecule has 6 heteroatoms. The van der Waals surface area contributed by atoms with Crippen LogP contribution in [0.1, 0.15) is 53.4 Å². The highest BCUT2D eigenvalue weighted by molar-refractivity contribution is 5.95. The average molecular weight is 379 g/mol. The molecule has 1 aliphatic heterocycles. The number of benzene rings is 2. The smallest absolute Gasteiger partial charge is 0.269 e. The molecule has 0 radical (unpaired) electrons. The van der Waals surface area contributed by atoms with Gasteiger partial charge in [-0.2, -0.15) is 0 Å². The molecule has 1 unspecified atom stereocenters. The second-order valence-corrected chi connectivity index (χ2v) is 6.93. The van der Waals surface area contributed by atoms with Gasteiger partial charge in [0.1, 0.15) is 0 Å². The number of amides is 3. The first-order valence-electron chi connectivity index (χ1n) is 9.52. The summed E-state index contributed by atoms with van der Waals surface area (Å²) in [7, 11) is 0. The summed E-state index contributed by atoms with van der Waals surface area (Å²) < 4.78 is 0. The fourth-order valence-corrected chi connectivity index (χ4v) is 3.57. The minimum Gasteiger partial charge on any atom is -0.335 e. The number of carbonyl (C=O) groups excluding carboxylic acids is 3. The van der Waals surface area contributed by atoms with Gasteiger partial charge in [-0.05, 0) is 41.7 Å². The van der Waals surface area contributed by atoms with E-state index in [-0.39, 0.29) is 30.2 Å².